The summed E-state index contributed by atoms with van der Waals surface area (Å²) in [5.41, 5.74) is 5.45. The number of anilines is 3. The summed E-state index contributed by atoms with van der Waals surface area (Å²) in [7, 11) is 11.9. The van der Waals surface area contributed by atoms with Crippen LogP contribution in [-0.4, -0.2) is 65.7 Å². The molecule has 0 unspecified atom stereocenters. The number of nitrogens with one attached hydrogen (secondary N) is 1. The van der Waals surface area contributed by atoms with Gasteiger partial charge in [-0.15, -0.1) is 5.10 Å². The monoisotopic (exact) mass is 491 g/mol. The molecule has 17 heteroatoms. The van der Waals surface area contributed by atoms with Gasteiger partial charge in [-0.1, -0.05) is 19.9 Å². The third-order valence-corrected chi connectivity index (χ3v) is 5.37. The Morgan fingerprint density at radius 1 is 1.17 bits per heavy atom. The molecule has 1 heterocycles. The Hall–Kier alpha value is -3.06. The highest BCUT2D eigenvalue weighted by Crippen LogP contribution is 2.25. The van der Waals surface area contributed by atoms with E-state index in [4.69, 9.17) is 34.1 Å². The highest BCUT2D eigenvalue weighted by Gasteiger charge is 2.26. The van der Waals surface area contributed by atoms with Gasteiger partial charge < -0.3 is 11.1 Å². The van der Waals surface area contributed by atoms with Gasteiger partial charge in [-0.2, -0.15) is 9.67 Å². The molecule has 2 aromatic carbocycles. The van der Waals surface area contributed by atoms with Crippen LogP contribution in [0.3, 0.4) is 0 Å². The van der Waals surface area contributed by atoms with E-state index in [0.717, 1.165) is 6.07 Å². The lowest BCUT2D eigenvalue weighted by Gasteiger charge is -2.11. The van der Waals surface area contributed by atoms with Gasteiger partial charge in [0.05, 0.1) is 4.90 Å². The van der Waals surface area contributed by atoms with E-state index in [1.54, 1.807) is 13.8 Å². The summed E-state index contributed by atoms with van der Waals surface area (Å²) in [4.78, 5) is 16.4. The number of aromatic nitrogens is 3. The molecule has 5 N–H and O–H groups in total. The molecule has 0 saturated carbocycles. The van der Waals surface area contributed by atoms with Gasteiger partial charge in [-0.05, 0) is 41.8 Å². The number of carbonyl (C=O) groups is 1. The van der Waals surface area contributed by atoms with Crippen LogP contribution in [0.15, 0.2) is 41.3 Å². The molecular formula is C18H18B5F2N6O3S. The quantitative estimate of drug-likeness (QED) is 0.425. The summed E-state index contributed by atoms with van der Waals surface area (Å²) in [6.07, 6.45) is -0.463. The number of rotatable bonds is 6. The number of hydrogen-bond acceptors (Lipinski definition) is 7. The number of halogens is 2. The molecule has 1 aromatic heterocycles. The molecule has 0 atom stereocenters. The summed E-state index contributed by atoms with van der Waals surface area (Å²) in [6.45, 7) is 3.41. The topological polar surface area (TPSA) is 146 Å². The van der Waals surface area contributed by atoms with Crippen molar-refractivity contribution in [2.45, 2.75) is 24.7 Å². The van der Waals surface area contributed by atoms with Gasteiger partial charge in [0.2, 0.25) is 21.9 Å². The number of carbonyl (C=O) groups excluding carboxylic acids is 1. The Morgan fingerprint density at radius 3 is 2.23 bits per heavy atom. The summed E-state index contributed by atoms with van der Waals surface area (Å²) in [5, 5.41) is 11.6. The first-order valence-electron chi connectivity index (χ1n) is 9.97. The maximum atomic E-state index is 14.7. The van der Waals surface area contributed by atoms with Crippen molar-refractivity contribution in [2.75, 3.05) is 11.1 Å². The minimum atomic E-state index is -3.85. The number of nitrogen functional groups attached to an aromatic ring is 1. The van der Waals surface area contributed by atoms with Crippen LogP contribution in [0.5, 0.6) is 0 Å². The van der Waals surface area contributed by atoms with Crippen molar-refractivity contribution < 1.29 is 22.0 Å². The summed E-state index contributed by atoms with van der Waals surface area (Å²) in [5.74, 6) is -3.96. The van der Waals surface area contributed by atoms with Crippen LogP contribution in [-0.2, 0) is 10.0 Å². The second kappa shape index (κ2) is 11.6. The van der Waals surface area contributed by atoms with Gasteiger partial charge in [-0.3, -0.25) is 4.79 Å². The van der Waals surface area contributed by atoms with Gasteiger partial charge in [0.25, 0.3) is 5.91 Å². The molecule has 0 spiro atoms. The van der Waals surface area contributed by atoms with E-state index >= 15 is 0 Å². The third kappa shape index (κ3) is 7.21. The number of primary sulfonamides is 1. The molecule has 0 aliphatic carbocycles. The zero-order valence-electron chi connectivity index (χ0n) is 18.8. The van der Waals surface area contributed by atoms with Crippen molar-refractivity contribution >= 4 is 70.2 Å². The van der Waals surface area contributed by atoms with Crippen molar-refractivity contribution in [3.05, 3.63) is 59.2 Å². The van der Waals surface area contributed by atoms with Gasteiger partial charge >= 0.3 is 0 Å². The molecule has 0 bridgehead atoms. The molecule has 173 valence electrons. The predicted molar refractivity (Wildman–Crippen MR) is 134 cm³/mol. The van der Waals surface area contributed by atoms with Crippen LogP contribution in [0, 0.1) is 11.6 Å². The van der Waals surface area contributed by atoms with E-state index < -0.39 is 45.5 Å². The van der Waals surface area contributed by atoms with Crippen molar-refractivity contribution in [1.82, 2.24) is 14.8 Å². The molecule has 0 fully saturated rings. The summed E-state index contributed by atoms with van der Waals surface area (Å²) in [6, 6.07) is 7.57. The molecule has 0 amide bonds. The summed E-state index contributed by atoms with van der Waals surface area (Å²) < 4.78 is 52.1. The van der Waals surface area contributed by atoms with E-state index in [1.807, 2.05) is 0 Å². The van der Waals surface area contributed by atoms with Crippen molar-refractivity contribution in [2.24, 2.45) is 5.14 Å². The number of sulfonamides is 1. The summed E-state index contributed by atoms with van der Waals surface area (Å²) >= 11 is 0. The highest BCUT2D eigenvalue weighted by atomic mass is 32.2. The number of nitrogens with zero attached hydrogens (tertiary/aromatic N) is 3. The van der Waals surface area contributed by atoms with Crippen LogP contribution in [0.1, 0.15) is 35.7 Å². The second-order valence-electron chi connectivity index (χ2n) is 7.46. The lowest BCUT2D eigenvalue weighted by Crippen LogP contribution is -2.23. The van der Waals surface area contributed by atoms with Crippen LogP contribution in [0.2, 0.25) is 0 Å². The second-order valence-corrected chi connectivity index (χ2v) is 9.02. The Labute approximate surface area is 207 Å². The Bertz CT molecular complexity index is 1310. The average Bonchev–Trinajstić information content (AvgIpc) is 3.13. The first kappa shape index (κ1) is 28.2. The van der Waals surface area contributed by atoms with Crippen LogP contribution in [0.4, 0.5) is 26.4 Å². The molecule has 0 saturated heterocycles. The molecule has 3 aromatic rings. The normalized spacial score (nSPS) is 10.9. The average molecular weight is 491 g/mol. The first-order chi connectivity index (χ1) is 16.3. The SMILES string of the molecule is CC(C)c1ccc(F)c(C(=O)n2nc(Nc3ccc(S(N)(=O)=O)cc3)nc2N)c1F.[B][B]B([B])[B]. The molecule has 35 heavy (non-hydrogen) atoms. The Kier molecular flexibility index (Phi) is 9.33. The van der Waals surface area contributed by atoms with Crippen molar-refractivity contribution in [3.8, 4) is 0 Å². The van der Waals surface area contributed by atoms with Crippen molar-refractivity contribution in [1.29, 1.82) is 0 Å². The van der Waals surface area contributed by atoms with E-state index in [2.05, 4.69) is 15.4 Å². The number of nitrogens with two attached hydrogens (primary N) is 2. The fraction of sp³-hybridized carbons (Fsp3) is 0.167. The smallest absolute Gasteiger partial charge is 0.287 e. The van der Waals surface area contributed by atoms with Gasteiger partial charge in [0, 0.05) is 42.3 Å². The molecule has 3 rings (SSSR count). The standard InChI is InChI=1S/C18H18F2N6O3S.B5/c1-9(2)12-7-8-13(19)14(15(12)20)16(27)26-17(21)24-18(25-26)23-10-3-5-11(6-4-10)30(22,28)29;1-4-5(2)3/h3-9H,1-2H3,(H2,22,28,29)(H3,21,23,24,25);. The zero-order valence-corrected chi connectivity index (χ0v) is 19.6. The molecule has 9 nitrogen and oxygen atoms in total. The number of benzene rings is 2. The first-order valence-corrected chi connectivity index (χ1v) is 11.5. The van der Waals surface area contributed by atoms with Crippen LogP contribution < -0.4 is 16.2 Å². The van der Waals surface area contributed by atoms with Crippen molar-refractivity contribution in [3.63, 3.8) is 0 Å². The van der Waals surface area contributed by atoms with E-state index in [-0.39, 0.29) is 22.3 Å². The van der Waals surface area contributed by atoms with E-state index in [9.17, 15) is 22.0 Å². The highest BCUT2D eigenvalue weighted by molar-refractivity contribution is 7.89. The van der Waals surface area contributed by atoms with Gasteiger partial charge in [0.15, 0.2) is 0 Å². The van der Waals surface area contributed by atoms with E-state index in [1.165, 1.54) is 37.4 Å². The maximum absolute atomic E-state index is 14.7. The maximum Gasteiger partial charge on any atom is 0.287 e. The molecule has 7 radical (unpaired) electrons. The molecule has 0 aliphatic heterocycles. The predicted octanol–water partition coefficient (Wildman–Crippen LogP) is 0.437. The Morgan fingerprint density at radius 2 is 1.74 bits per heavy atom. The zero-order chi connectivity index (χ0) is 26.5. The van der Waals surface area contributed by atoms with Gasteiger partial charge in [0.1, 0.15) is 17.2 Å². The van der Waals surface area contributed by atoms with Gasteiger partial charge in [-0.25, -0.2) is 22.3 Å². The minimum Gasteiger partial charge on any atom is -0.368 e. The van der Waals surface area contributed by atoms with Crippen LogP contribution in [0.25, 0.3) is 0 Å². The largest absolute Gasteiger partial charge is 0.368 e. The lowest BCUT2D eigenvalue weighted by molar-refractivity contribution is 0.0939. The molecular weight excluding hydrogens is 472 g/mol. The minimum absolute atomic E-state index is 0.0998. The Balaban J connectivity index is 0.000000784. The fourth-order valence-electron chi connectivity index (χ4n) is 2.70. The fourth-order valence-corrected chi connectivity index (χ4v) is 3.22. The molecule has 0 aliphatic rings. The third-order valence-electron chi connectivity index (χ3n) is 4.44. The lowest BCUT2D eigenvalue weighted by atomic mass is 8.97. The van der Waals surface area contributed by atoms with Crippen LogP contribution >= 0.6 is 0 Å². The van der Waals surface area contributed by atoms with E-state index in [0.29, 0.717) is 10.4 Å². The number of hydrogen-bond donors (Lipinski definition) is 3.